The number of carbonyl (C=O) groups excluding carboxylic acids is 1. The van der Waals surface area contributed by atoms with E-state index in [1.54, 1.807) is 35.9 Å². The Labute approximate surface area is 209 Å². The number of hydrogen-bond acceptors (Lipinski definition) is 6. The van der Waals surface area contributed by atoms with E-state index in [1.165, 1.54) is 36.2 Å². The van der Waals surface area contributed by atoms with Crippen molar-refractivity contribution in [3.05, 3.63) is 58.9 Å². The van der Waals surface area contributed by atoms with Crippen molar-refractivity contribution in [2.45, 2.75) is 43.4 Å². The number of benzene rings is 1. The van der Waals surface area contributed by atoms with Crippen molar-refractivity contribution in [2.75, 3.05) is 20.2 Å². The van der Waals surface area contributed by atoms with Gasteiger partial charge in [-0.1, -0.05) is 30.8 Å². The van der Waals surface area contributed by atoms with Gasteiger partial charge in [0.15, 0.2) is 5.17 Å². The molecule has 2 aliphatic heterocycles. The third kappa shape index (κ3) is 4.11. The Hall–Kier alpha value is -2.87. The van der Waals surface area contributed by atoms with Gasteiger partial charge in [0, 0.05) is 30.2 Å². The first-order chi connectivity index (χ1) is 16.8. The first-order valence-corrected chi connectivity index (χ1v) is 12.9. The minimum atomic E-state index is -0.372. The largest absolute Gasteiger partial charge is 0.495 e. The molecule has 2 fully saturated rings. The predicted molar refractivity (Wildman–Crippen MR) is 139 cm³/mol. The van der Waals surface area contributed by atoms with E-state index in [0.29, 0.717) is 22.8 Å². The molecule has 4 atom stereocenters. The summed E-state index contributed by atoms with van der Waals surface area (Å²) in [6.07, 6.45) is 7.27. The number of aliphatic imine (C=N–C) groups is 1. The highest BCUT2D eigenvalue weighted by Gasteiger charge is 2.72. The molecule has 184 valence electrons. The van der Waals surface area contributed by atoms with Crippen LogP contribution in [0.5, 0.6) is 5.75 Å². The van der Waals surface area contributed by atoms with Gasteiger partial charge in [-0.3, -0.25) is 9.79 Å². The molecule has 0 bridgehead atoms. The number of nitrogens with zero attached hydrogens (tertiary/aromatic N) is 3. The number of ether oxygens (including phenoxy) is 1. The van der Waals surface area contributed by atoms with Crippen molar-refractivity contribution in [3.8, 4) is 5.75 Å². The Morgan fingerprint density at radius 3 is 2.69 bits per heavy atom. The SMILES string of the molecule is COc1ccc(/C(F)=C/c2ccc3c(c2)[C@@]2(C3)N=C(N)S[C@]3(C)C2[C@@H]3C)nc1.O=CN1CCCC1. The van der Waals surface area contributed by atoms with Gasteiger partial charge in [-0.05, 0) is 66.6 Å². The number of hydrogen-bond donors (Lipinski definition) is 1. The lowest BCUT2D eigenvalue weighted by atomic mass is 9.66. The molecule has 4 aliphatic rings. The number of aromatic nitrogens is 1. The van der Waals surface area contributed by atoms with E-state index in [-0.39, 0.29) is 21.8 Å². The van der Waals surface area contributed by atoms with Gasteiger partial charge in [0.25, 0.3) is 0 Å². The van der Waals surface area contributed by atoms with Gasteiger partial charge in [0.1, 0.15) is 11.6 Å². The van der Waals surface area contributed by atoms with Crippen molar-refractivity contribution in [3.63, 3.8) is 0 Å². The minimum absolute atomic E-state index is 0.160. The Kier molecular flexibility index (Phi) is 6.11. The van der Waals surface area contributed by atoms with Crippen LogP contribution in [0.3, 0.4) is 0 Å². The molecule has 1 aromatic carbocycles. The number of rotatable bonds is 4. The topological polar surface area (TPSA) is 80.8 Å². The molecule has 1 aromatic heterocycles. The number of pyridine rings is 1. The summed E-state index contributed by atoms with van der Waals surface area (Å²) in [5.41, 5.74) is 9.53. The van der Waals surface area contributed by atoms with Crippen LogP contribution in [0.2, 0.25) is 0 Å². The molecule has 2 aliphatic carbocycles. The quantitative estimate of drug-likeness (QED) is 0.627. The zero-order valence-electron chi connectivity index (χ0n) is 20.3. The number of halogens is 1. The molecule has 35 heavy (non-hydrogen) atoms. The van der Waals surface area contributed by atoms with Gasteiger partial charge < -0.3 is 15.4 Å². The molecule has 6 nitrogen and oxygen atoms in total. The van der Waals surface area contributed by atoms with Gasteiger partial charge in [0.05, 0.1) is 24.5 Å². The molecular weight excluding hydrogens is 463 g/mol. The van der Waals surface area contributed by atoms with Crippen molar-refractivity contribution >= 4 is 35.2 Å². The van der Waals surface area contributed by atoms with E-state index >= 15 is 0 Å². The smallest absolute Gasteiger partial charge is 0.209 e. The molecule has 3 heterocycles. The number of thioether (sulfide) groups is 1. The molecule has 1 amide bonds. The van der Waals surface area contributed by atoms with Gasteiger partial charge in [-0.15, -0.1) is 0 Å². The summed E-state index contributed by atoms with van der Waals surface area (Å²) in [6.45, 7) is 6.52. The van der Waals surface area contributed by atoms with Crippen LogP contribution >= 0.6 is 11.8 Å². The van der Waals surface area contributed by atoms with Crippen molar-refractivity contribution in [1.29, 1.82) is 0 Å². The molecule has 1 saturated heterocycles. The van der Waals surface area contributed by atoms with Crippen LogP contribution in [0.1, 0.15) is 49.1 Å². The summed E-state index contributed by atoms with van der Waals surface area (Å²) in [7, 11) is 1.56. The minimum Gasteiger partial charge on any atom is -0.495 e. The fraction of sp³-hybridized carbons (Fsp3) is 0.444. The fourth-order valence-corrected chi connectivity index (χ4v) is 7.30. The van der Waals surface area contributed by atoms with E-state index in [4.69, 9.17) is 15.5 Å². The van der Waals surface area contributed by atoms with E-state index in [0.717, 1.165) is 31.5 Å². The molecule has 0 radical (unpaired) electrons. The summed E-state index contributed by atoms with van der Waals surface area (Å²) in [4.78, 5) is 20.8. The van der Waals surface area contributed by atoms with E-state index in [9.17, 15) is 9.18 Å². The van der Waals surface area contributed by atoms with Gasteiger partial charge in [0.2, 0.25) is 6.41 Å². The number of amides is 1. The van der Waals surface area contributed by atoms with Crippen LogP contribution in [0.25, 0.3) is 11.9 Å². The number of likely N-dealkylation sites (tertiary alicyclic amines) is 1. The van der Waals surface area contributed by atoms with Crippen LogP contribution < -0.4 is 10.5 Å². The second-order valence-electron chi connectivity index (χ2n) is 9.94. The number of nitrogens with two attached hydrogens (primary N) is 1. The average molecular weight is 495 g/mol. The molecule has 1 spiro atoms. The van der Waals surface area contributed by atoms with Crippen molar-refractivity contribution < 1.29 is 13.9 Å². The normalized spacial score (nSPS) is 30.3. The zero-order chi connectivity index (χ0) is 24.8. The van der Waals surface area contributed by atoms with Crippen molar-refractivity contribution in [1.82, 2.24) is 9.88 Å². The monoisotopic (exact) mass is 494 g/mol. The lowest BCUT2D eigenvalue weighted by Crippen LogP contribution is -2.45. The lowest BCUT2D eigenvalue weighted by Gasteiger charge is -2.45. The van der Waals surface area contributed by atoms with Gasteiger partial charge in [-0.25, -0.2) is 9.37 Å². The molecule has 2 aromatic rings. The highest BCUT2D eigenvalue weighted by molar-refractivity contribution is 8.15. The summed E-state index contributed by atoms with van der Waals surface area (Å²) < 4.78 is 20.0. The third-order valence-electron chi connectivity index (χ3n) is 7.92. The highest BCUT2D eigenvalue weighted by atomic mass is 32.2. The maximum absolute atomic E-state index is 14.7. The summed E-state index contributed by atoms with van der Waals surface area (Å²) >= 11 is 1.70. The lowest BCUT2D eigenvalue weighted by molar-refractivity contribution is -0.117. The third-order valence-corrected chi connectivity index (χ3v) is 9.29. The number of fused-ring (bicyclic) bond motifs is 4. The molecule has 1 saturated carbocycles. The van der Waals surface area contributed by atoms with Crippen molar-refractivity contribution in [2.24, 2.45) is 22.6 Å². The Morgan fingerprint density at radius 1 is 1.29 bits per heavy atom. The Balaban J connectivity index is 0.000000313. The van der Waals surface area contributed by atoms with Crippen LogP contribution in [-0.4, -0.2) is 46.4 Å². The van der Waals surface area contributed by atoms with Gasteiger partial charge >= 0.3 is 0 Å². The summed E-state index contributed by atoms with van der Waals surface area (Å²) in [6, 6.07) is 9.43. The molecule has 1 unspecified atom stereocenters. The van der Waals surface area contributed by atoms with Crippen LogP contribution in [-0.2, 0) is 16.8 Å². The second-order valence-corrected chi connectivity index (χ2v) is 11.4. The first-order valence-electron chi connectivity index (χ1n) is 12.1. The number of carbonyl (C=O) groups is 1. The average Bonchev–Trinajstić information content (AvgIpc) is 3.19. The number of methoxy groups -OCH3 is 1. The molecule has 2 N–H and O–H groups in total. The molecule has 8 heteroatoms. The van der Waals surface area contributed by atoms with Crippen LogP contribution in [0.15, 0.2) is 41.5 Å². The van der Waals surface area contributed by atoms with Crippen LogP contribution in [0, 0.1) is 11.8 Å². The maximum atomic E-state index is 14.7. The summed E-state index contributed by atoms with van der Waals surface area (Å²) in [5, 5.41) is 0.670. The predicted octanol–water partition coefficient (Wildman–Crippen LogP) is 4.63. The van der Waals surface area contributed by atoms with E-state index in [1.807, 2.05) is 6.07 Å². The Morgan fingerprint density at radius 2 is 2.06 bits per heavy atom. The molecule has 6 rings (SSSR count). The standard InChI is InChI=1S/C22H22FN3OS.C5H9NO/c1-12-19-21(12,2)28-20(24)26-22(19)10-14-5-4-13(8-16(14)22)9-17(23)18-7-6-15(27-3)11-25-18;7-5-6-3-1-2-4-6/h4-9,11-12,19H,10H2,1-3H3,(H2,24,26);5H,1-4H2/b17-9-;/t12-,19?,21-,22+;/m0./s1. The van der Waals surface area contributed by atoms with E-state index < -0.39 is 0 Å². The van der Waals surface area contributed by atoms with Gasteiger partial charge in [-0.2, -0.15) is 0 Å². The number of amidine groups is 1. The highest BCUT2D eigenvalue weighted by Crippen LogP contribution is 2.72. The maximum Gasteiger partial charge on any atom is 0.209 e. The summed E-state index contributed by atoms with van der Waals surface area (Å²) in [5.74, 6) is 1.28. The first kappa shape index (κ1) is 23.9. The second kappa shape index (κ2) is 8.97. The molecular formula is C27H31FN4O2S. The van der Waals surface area contributed by atoms with Crippen LogP contribution in [0.4, 0.5) is 4.39 Å². The fourth-order valence-electron chi connectivity index (χ4n) is 5.86. The van der Waals surface area contributed by atoms with E-state index in [2.05, 4.69) is 31.0 Å². The zero-order valence-corrected chi connectivity index (χ0v) is 21.1. The Bertz CT molecular complexity index is 1190.